The van der Waals surface area contributed by atoms with Gasteiger partial charge < -0.3 is 10.1 Å². The van der Waals surface area contributed by atoms with E-state index in [1.165, 1.54) is 30.3 Å². The number of ether oxygens (including phenoxy) is 1. The van der Waals surface area contributed by atoms with Crippen LogP contribution in [0.3, 0.4) is 0 Å². The highest BCUT2D eigenvalue weighted by molar-refractivity contribution is 14.1. The maximum Gasteiger partial charge on any atom is 0.261 e. The van der Waals surface area contributed by atoms with E-state index < -0.39 is 10.0 Å². The van der Waals surface area contributed by atoms with E-state index in [1.54, 1.807) is 31.4 Å². The van der Waals surface area contributed by atoms with Crippen molar-refractivity contribution in [3.05, 3.63) is 88.0 Å². The number of anilines is 2. The SMILES string of the molecule is COc1ccccc1/C=C/C(=O)Nc1ccc(S(=O)(=O)Nc2ccc(I)cc2)cc1. The molecule has 0 atom stereocenters. The van der Waals surface area contributed by atoms with E-state index in [1.807, 2.05) is 30.3 Å². The lowest BCUT2D eigenvalue weighted by Crippen LogP contribution is -2.13. The summed E-state index contributed by atoms with van der Waals surface area (Å²) in [6, 6.07) is 20.3. The van der Waals surface area contributed by atoms with Crippen LogP contribution in [0, 0.1) is 3.57 Å². The predicted octanol–water partition coefficient (Wildman–Crippen LogP) is 4.75. The second kappa shape index (κ2) is 9.77. The number of nitrogens with one attached hydrogen (secondary N) is 2. The number of hydrogen-bond acceptors (Lipinski definition) is 4. The van der Waals surface area contributed by atoms with Gasteiger partial charge in [-0.1, -0.05) is 18.2 Å². The highest BCUT2D eigenvalue weighted by atomic mass is 127. The first-order valence-electron chi connectivity index (χ1n) is 8.88. The Morgan fingerprint density at radius 1 is 0.933 bits per heavy atom. The summed E-state index contributed by atoms with van der Waals surface area (Å²) in [5.74, 6) is 0.324. The first-order chi connectivity index (χ1) is 14.4. The topological polar surface area (TPSA) is 84.5 Å². The first-order valence-corrected chi connectivity index (χ1v) is 11.4. The van der Waals surface area contributed by atoms with Crippen molar-refractivity contribution in [2.45, 2.75) is 4.90 Å². The Balaban J connectivity index is 1.65. The van der Waals surface area contributed by atoms with Gasteiger partial charge in [0.2, 0.25) is 5.91 Å². The summed E-state index contributed by atoms with van der Waals surface area (Å²) in [7, 11) is -2.15. The van der Waals surface area contributed by atoms with Crippen molar-refractivity contribution in [1.82, 2.24) is 0 Å². The lowest BCUT2D eigenvalue weighted by Gasteiger charge is -2.09. The number of amides is 1. The fourth-order valence-corrected chi connectivity index (χ4v) is 4.02. The minimum Gasteiger partial charge on any atom is -0.496 e. The third kappa shape index (κ3) is 5.83. The summed E-state index contributed by atoms with van der Waals surface area (Å²) in [5, 5.41) is 2.70. The van der Waals surface area contributed by atoms with Crippen molar-refractivity contribution in [2.75, 3.05) is 17.1 Å². The predicted molar refractivity (Wildman–Crippen MR) is 127 cm³/mol. The number of sulfonamides is 1. The van der Waals surface area contributed by atoms with E-state index >= 15 is 0 Å². The van der Waals surface area contributed by atoms with Gasteiger partial charge in [-0.15, -0.1) is 0 Å². The third-order valence-corrected chi connectivity index (χ3v) is 6.20. The second-order valence-corrected chi connectivity index (χ2v) is 9.13. The van der Waals surface area contributed by atoms with Gasteiger partial charge in [-0.05, 0) is 83.3 Å². The normalized spacial score (nSPS) is 11.3. The molecule has 0 bridgehead atoms. The Labute approximate surface area is 189 Å². The Kier molecular flexibility index (Phi) is 7.11. The number of halogens is 1. The van der Waals surface area contributed by atoms with Gasteiger partial charge in [0.15, 0.2) is 0 Å². The fourth-order valence-electron chi connectivity index (χ4n) is 2.60. The van der Waals surface area contributed by atoms with Gasteiger partial charge >= 0.3 is 0 Å². The number of methoxy groups -OCH3 is 1. The van der Waals surface area contributed by atoms with Crippen LogP contribution in [0.4, 0.5) is 11.4 Å². The summed E-state index contributed by atoms with van der Waals surface area (Å²) >= 11 is 2.15. The van der Waals surface area contributed by atoms with E-state index in [0.29, 0.717) is 17.1 Å². The van der Waals surface area contributed by atoms with Crippen LogP contribution in [0.15, 0.2) is 83.8 Å². The zero-order valence-electron chi connectivity index (χ0n) is 16.0. The van der Waals surface area contributed by atoms with Gasteiger partial charge in [0.05, 0.1) is 12.0 Å². The molecule has 0 aliphatic rings. The maximum absolute atomic E-state index is 12.5. The zero-order valence-corrected chi connectivity index (χ0v) is 19.0. The average Bonchev–Trinajstić information content (AvgIpc) is 2.74. The zero-order chi connectivity index (χ0) is 21.6. The molecule has 8 heteroatoms. The monoisotopic (exact) mass is 534 g/mol. The summed E-state index contributed by atoms with van der Waals surface area (Å²) < 4.78 is 33.8. The molecule has 6 nitrogen and oxygen atoms in total. The number of carbonyl (C=O) groups is 1. The summed E-state index contributed by atoms with van der Waals surface area (Å²) in [4.78, 5) is 12.3. The summed E-state index contributed by atoms with van der Waals surface area (Å²) in [6.45, 7) is 0. The molecule has 154 valence electrons. The van der Waals surface area contributed by atoms with E-state index in [4.69, 9.17) is 4.74 Å². The minimum absolute atomic E-state index is 0.101. The molecule has 3 aromatic carbocycles. The van der Waals surface area contributed by atoms with Crippen LogP contribution in [0.1, 0.15) is 5.56 Å². The lowest BCUT2D eigenvalue weighted by molar-refractivity contribution is -0.111. The molecular weight excluding hydrogens is 515 g/mol. The Hall–Kier alpha value is -2.85. The van der Waals surface area contributed by atoms with Crippen molar-refractivity contribution in [1.29, 1.82) is 0 Å². The second-order valence-electron chi connectivity index (χ2n) is 6.20. The largest absolute Gasteiger partial charge is 0.496 e. The minimum atomic E-state index is -3.72. The van der Waals surface area contributed by atoms with Gasteiger partial charge in [0.25, 0.3) is 10.0 Å². The number of rotatable bonds is 7. The third-order valence-electron chi connectivity index (χ3n) is 4.08. The van der Waals surface area contributed by atoms with Crippen LogP contribution in [0.5, 0.6) is 5.75 Å². The van der Waals surface area contributed by atoms with E-state index in [-0.39, 0.29) is 10.8 Å². The highest BCUT2D eigenvalue weighted by Gasteiger charge is 2.14. The average molecular weight is 534 g/mol. The molecule has 0 aliphatic carbocycles. The van der Waals surface area contributed by atoms with Crippen molar-refractivity contribution in [3.8, 4) is 5.75 Å². The van der Waals surface area contributed by atoms with Crippen LogP contribution in [-0.4, -0.2) is 21.4 Å². The molecule has 1 amide bonds. The summed E-state index contributed by atoms with van der Waals surface area (Å²) in [5.41, 5.74) is 1.74. The summed E-state index contributed by atoms with van der Waals surface area (Å²) in [6.07, 6.45) is 3.04. The van der Waals surface area contributed by atoms with Crippen molar-refractivity contribution < 1.29 is 17.9 Å². The molecule has 0 heterocycles. The molecule has 3 rings (SSSR count). The van der Waals surface area contributed by atoms with Crippen LogP contribution in [0.25, 0.3) is 6.08 Å². The van der Waals surface area contributed by atoms with Crippen molar-refractivity contribution in [3.63, 3.8) is 0 Å². The van der Waals surface area contributed by atoms with Crippen LogP contribution in [0.2, 0.25) is 0 Å². The Morgan fingerprint density at radius 2 is 1.57 bits per heavy atom. The van der Waals surface area contributed by atoms with Crippen LogP contribution >= 0.6 is 22.6 Å². The van der Waals surface area contributed by atoms with Gasteiger partial charge in [0, 0.05) is 26.6 Å². The van der Waals surface area contributed by atoms with Gasteiger partial charge in [-0.3, -0.25) is 9.52 Å². The molecule has 0 aromatic heterocycles. The van der Waals surface area contributed by atoms with Crippen molar-refractivity contribution in [2.24, 2.45) is 0 Å². The smallest absolute Gasteiger partial charge is 0.261 e. The Bertz CT molecular complexity index is 1160. The molecule has 0 radical (unpaired) electrons. The highest BCUT2D eigenvalue weighted by Crippen LogP contribution is 2.20. The molecule has 3 aromatic rings. The standard InChI is InChI=1S/C22H19IN2O4S/c1-29-21-5-3-2-4-16(21)6-15-22(26)24-18-11-13-20(14-12-18)30(27,28)25-19-9-7-17(23)8-10-19/h2-15,25H,1H3,(H,24,26)/b15-6+. The fraction of sp³-hybridized carbons (Fsp3) is 0.0455. The number of hydrogen-bond donors (Lipinski definition) is 2. The molecule has 0 spiro atoms. The molecule has 0 aliphatic heterocycles. The van der Waals surface area contributed by atoms with E-state index in [9.17, 15) is 13.2 Å². The number of benzene rings is 3. The maximum atomic E-state index is 12.5. The number of carbonyl (C=O) groups excluding carboxylic acids is 1. The lowest BCUT2D eigenvalue weighted by atomic mass is 10.2. The van der Waals surface area contributed by atoms with E-state index in [2.05, 4.69) is 32.6 Å². The first kappa shape index (κ1) is 21.8. The molecule has 2 N–H and O–H groups in total. The molecule has 0 unspecified atom stereocenters. The van der Waals surface area contributed by atoms with Gasteiger partial charge in [0.1, 0.15) is 5.75 Å². The molecular formula is C22H19IN2O4S. The van der Waals surface area contributed by atoms with Gasteiger partial charge in [-0.2, -0.15) is 0 Å². The quantitative estimate of drug-likeness (QED) is 0.339. The van der Waals surface area contributed by atoms with E-state index in [0.717, 1.165) is 9.13 Å². The molecule has 30 heavy (non-hydrogen) atoms. The Morgan fingerprint density at radius 3 is 2.23 bits per heavy atom. The molecule has 0 saturated carbocycles. The molecule has 0 saturated heterocycles. The van der Waals surface area contributed by atoms with Crippen molar-refractivity contribution >= 4 is 56.0 Å². The number of para-hydroxylation sites is 1. The molecule has 0 fully saturated rings. The van der Waals surface area contributed by atoms with Crippen LogP contribution < -0.4 is 14.8 Å². The van der Waals surface area contributed by atoms with Crippen LogP contribution in [-0.2, 0) is 14.8 Å². The van der Waals surface area contributed by atoms with Gasteiger partial charge in [-0.25, -0.2) is 8.42 Å².